The fraction of sp³-hybridized carbons (Fsp3) is 0.414. The van der Waals surface area contributed by atoms with Gasteiger partial charge in [-0.05, 0) is 93.0 Å². The highest BCUT2D eigenvalue weighted by Gasteiger charge is 2.22. The molecule has 35 heavy (non-hydrogen) atoms. The largest absolute Gasteiger partial charge is 0.494 e. The van der Waals surface area contributed by atoms with E-state index >= 15 is 0 Å². The summed E-state index contributed by atoms with van der Waals surface area (Å²) in [5, 5.41) is 0. The number of carbonyl (C=O) groups is 1. The van der Waals surface area contributed by atoms with Gasteiger partial charge in [0.25, 0.3) is 5.91 Å². The second-order valence-corrected chi connectivity index (χ2v) is 9.51. The molecule has 184 valence electrons. The van der Waals surface area contributed by atoms with Gasteiger partial charge in [0.05, 0.1) is 6.61 Å². The zero-order valence-electron chi connectivity index (χ0n) is 20.5. The topological polar surface area (TPSA) is 41.0 Å². The van der Waals surface area contributed by atoms with Crippen molar-refractivity contribution in [3.8, 4) is 11.4 Å². The molecule has 1 amide bonds. The first-order valence-electron chi connectivity index (χ1n) is 13.0. The Morgan fingerprint density at radius 2 is 1.40 bits per heavy atom. The molecule has 0 bridgehead atoms. The summed E-state index contributed by atoms with van der Waals surface area (Å²) in [6, 6.07) is 20.3. The van der Waals surface area contributed by atoms with Gasteiger partial charge in [0, 0.05) is 62.1 Å². The van der Waals surface area contributed by atoms with Crippen LogP contribution < -0.4 is 9.64 Å². The van der Waals surface area contributed by atoms with E-state index in [0.717, 1.165) is 62.8 Å². The molecule has 2 aliphatic rings. The molecule has 0 radical (unpaired) electrons. The van der Waals surface area contributed by atoms with Crippen molar-refractivity contribution in [2.24, 2.45) is 0 Å². The van der Waals surface area contributed by atoms with Gasteiger partial charge in [-0.15, -0.1) is 0 Å². The molecule has 0 N–H and O–H groups in total. The minimum absolute atomic E-state index is 0.108. The Balaban J connectivity index is 1.06. The summed E-state index contributed by atoms with van der Waals surface area (Å²) in [4.78, 5) is 19.9. The third-order valence-electron chi connectivity index (χ3n) is 7.12. The lowest BCUT2D eigenvalue weighted by Crippen LogP contribution is -2.48. The van der Waals surface area contributed by atoms with Crippen LogP contribution in [0, 0.1) is 0 Å². The fourth-order valence-corrected chi connectivity index (χ4v) is 5.05. The molecule has 1 aromatic heterocycles. The smallest absolute Gasteiger partial charge is 0.253 e. The number of anilines is 1. The molecule has 2 saturated heterocycles. The Morgan fingerprint density at radius 3 is 2.09 bits per heavy atom. The summed E-state index contributed by atoms with van der Waals surface area (Å²) in [6.45, 7) is 7.52. The number of hydrogen-bond donors (Lipinski definition) is 0. The van der Waals surface area contributed by atoms with E-state index < -0.39 is 0 Å². The van der Waals surface area contributed by atoms with Crippen molar-refractivity contribution >= 4 is 11.6 Å². The van der Waals surface area contributed by atoms with Crippen LogP contribution in [0.4, 0.5) is 5.69 Å². The lowest BCUT2D eigenvalue weighted by Gasteiger charge is -2.36. The number of carbonyl (C=O) groups excluding carboxylic acids is 1. The second-order valence-electron chi connectivity index (χ2n) is 9.51. The van der Waals surface area contributed by atoms with Crippen LogP contribution in [0.5, 0.6) is 5.75 Å². The van der Waals surface area contributed by atoms with E-state index in [0.29, 0.717) is 0 Å². The van der Waals surface area contributed by atoms with Crippen LogP contribution in [0.3, 0.4) is 0 Å². The first-order chi connectivity index (χ1) is 17.3. The zero-order valence-corrected chi connectivity index (χ0v) is 20.5. The van der Waals surface area contributed by atoms with Gasteiger partial charge in [-0.2, -0.15) is 0 Å². The van der Waals surface area contributed by atoms with E-state index in [1.165, 1.54) is 38.0 Å². The maximum Gasteiger partial charge on any atom is 0.253 e. The lowest BCUT2D eigenvalue weighted by molar-refractivity contribution is 0.0747. The Bertz CT molecular complexity index is 1050. The Hall–Kier alpha value is -3.25. The van der Waals surface area contributed by atoms with Crippen molar-refractivity contribution in [3.05, 3.63) is 78.6 Å². The molecule has 0 atom stereocenters. The summed E-state index contributed by atoms with van der Waals surface area (Å²) >= 11 is 0. The number of rotatable bonds is 8. The third kappa shape index (κ3) is 6.06. The molecule has 2 fully saturated rings. The number of piperazine rings is 1. The Labute approximate surface area is 208 Å². The molecule has 3 heterocycles. The van der Waals surface area contributed by atoms with E-state index in [9.17, 15) is 4.79 Å². The molecule has 3 aromatic rings. The average Bonchev–Trinajstić information content (AvgIpc) is 3.47. The molecule has 2 aliphatic heterocycles. The normalized spacial score (nSPS) is 16.9. The molecule has 6 nitrogen and oxygen atoms in total. The molecule has 0 unspecified atom stereocenters. The molecular formula is C29H36N4O2. The van der Waals surface area contributed by atoms with Gasteiger partial charge in [-0.1, -0.05) is 6.42 Å². The second kappa shape index (κ2) is 11.5. The average molecular weight is 473 g/mol. The van der Waals surface area contributed by atoms with E-state index in [1.54, 1.807) is 0 Å². The van der Waals surface area contributed by atoms with Crippen molar-refractivity contribution in [1.82, 2.24) is 14.4 Å². The van der Waals surface area contributed by atoms with Crippen molar-refractivity contribution in [2.45, 2.75) is 25.7 Å². The first-order valence-corrected chi connectivity index (χ1v) is 13.0. The maximum absolute atomic E-state index is 13.0. The minimum Gasteiger partial charge on any atom is -0.494 e. The highest BCUT2D eigenvalue weighted by atomic mass is 16.5. The molecule has 6 heteroatoms. The van der Waals surface area contributed by atoms with Crippen LogP contribution >= 0.6 is 0 Å². The summed E-state index contributed by atoms with van der Waals surface area (Å²) in [6.07, 6.45) is 9.15. The van der Waals surface area contributed by atoms with Crippen LogP contribution in [0.15, 0.2) is 73.1 Å². The van der Waals surface area contributed by atoms with Gasteiger partial charge in [0.15, 0.2) is 0 Å². The van der Waals surface area contributed by atoms with Gasteiger partial charge in [0.1, 0.15) is 5.75 Å². The number of amides is 1. The van der Waals surface area contributed by atoms with Crippen LogP contribution in [0.25, 0.3) is 5.69 Å². The fourth-order valence-electron chi connectivity index (χ4n) is 5.05. The van der Waals surface area contributed by atoms with E-state index in [2.05, 4.69) is 34.1 Å². The highest BCUT2D eigenvalue weighted by molar-refractivity contribution is 5.94. The zero-order chi connectivity index (χ0) is 23.9. The molecular weight excluding hydrogens is 436 g/mol. The summed E-state index contributed by atoms with van der Waals surface area (Å²) in [7, 11) is 0. The lowest BCUT2D eigenvalue weighted by atomic mass is 10.1. The van der Waals surface area contributed by atoms with E-state index in [1.807, 2.05) is 58.3 Å². The molecule has 0 aliphatic carbocycles. The van der Waals surface area contributed by atoms with Gasteiger partial charge in [-0.3, -0.25) is 4.79 Å². The van der Waals surface area contributed by atoms with Crippen LogP contribution in [0.2, 0.25) is 0 Å². The summed E-state index contributed by atoms with van der Waals surface area (Å²) < 4.78 is 8.01. The van der Waals surface area contributed by atoms with Crippen molar-refractivity contribution in [1.29, 1.82) is 0 Å². The number of piperidine rings is 1. The summed E-state index contributed by atoms with van der Waals surface area (Å²) in [5.41, 5.74) is 3.00. The van der Waals surface area contributed by atoms with Crippen LogP contribution in [-0.4, -0.2) is 72.7 Å². The van der Waals surface area contributed by atoms with E-state index in [4.69, 9.17) is 4.74 Å². The predicted octanol–water partition coefficient (Wildman–Crippen LogP) is 4.69. The van der Waals surface area contributed by atoms with Gasteiger partial charge >= 0.3 is 0 Å². The number of likely N-dealkylation sites (tertiary alicyclic amines) is 1. The molecule has 0 saturated carbocycles. The molecule has 2 aromatic carbocycles. The van der Waals surface area contributed by atoms with Gasteiger partial charge in [0.2, 0.25) is 0 Å². The van der Waals surface area contributed by atoms with E-state index in [-0.39, 0.29) is 5.91 Å². The standard InChI is InChI=1S/C29H36N4O2/c34-29(25-7-9-26(10-8-25)31-18-4-5-19-31)33-22-20-32(21-23-33)27-11-13-28(14-12-27)35-24-6-17-30-15-2-1-3-16-30/h4-5,7-14,18-19H,1-3,6,15-17,20-24H2. The number of nitrogens with zero attached hydrogens (tertiary/aromatic N) is 4. The Kier molecular flexibility index (Phi) is 7.69. The third-order valence-corrected chi connectivity index (χ3v) is 7.12. The number of aromatic nitrogens is 1. The first kappa shape index (κ1) is 23.5. The van der Waals surface area contributed by atoms with Crippen molar-refractivity contribution < 1.29 is 9.53 Å². The molecule has 5 rings (SSSR count). The molecule has 0 spiro atoms. The number of ether oxygens (including phenoxy) is 1. The highest BCUT2D eigenvalue weighted by Crippen LogP contribution is 2.22. The predicted molar refractivity (Wildman–Crippen MR) is 141 cm³/mol. The van der Waals surface area contributed by atoms with Gasteiger partial charge in [-0.25, -0.2) is 0 Å². The number of benzene rings is 2. The van der Waals surface area contributed by atoms with Crippen molar-refractivity contribution in [3.63, 3.8) is 0 Å². The summed E-state index contributed by atoms with van der Waals surface area (Å²) in [5.74, 6) is 1.04. The monoisotopic (exact) mass is 472 g/mol. The minimum atomic E-state index is 0.108. The van der Waals surface area contributed by atoms with Gasteiger partial charge < -0.3 is 24.0 Å². The quantitative estimate of drug-likeness (QED) is 0.446. The van der Waals surface area contributed by atoms with Crippen LogP contribution in [0.1, 0.15) is 36.0 Å². The van der Waals surface area contributed by atoms with Crippen molar-refractivity contribution in [2.75, 3.05) is 57.3 Å². The number of hydrogen-bond acceptors (Lipinski definition) is 4. The van der Waals surface area contributed by atoms with Crippen LogP contribution in [-0.2, 0) is 0 Å². The maximum atomic E-state index is 13.0. The Morgan fingerprint density at radius 1 is 0.743 bits per heavy atom. The SMILES string of the molecule is O=C(c1ccc(-n2cccc2)cc1)N1CCN(c2ccc(OCCCN3CCCCC3)cc2)CC1.